The van der Waals surface area contributed by atoms with Crippen LogP contribution >= 0.6 is 11.6 Å². The van der Waals surface area contributed by atoms with E-state index in [2.05, 4.69) is 13.8 Å². The highest BCUT2D eigenvalue weighted by molar-refractivity contribution is 6.30. The monoisotopic (exact) mass is 251 g/mol. The summed E-state index contributed by atoms with van der Waals surface area (Å²) in [7, 11) is 0. The predicted molar refractivity (Wildman–Crippen MR) is 69.7 cm³/mol. The Morgan fingerprint density at radius 2 is 2.06 bits per heavy atom. The SMILES string of the molecule is CC1(C)Cc2cc(Cl)cc(CC3(N)CC3)c2O1. The Kier molecular flexibility index (Phi) is 2.27. The number of benzene rings is 1. The summed E-state index contributed by atoms with van der Waals surface area (Å²) in [4.78, 5) is 0. The van der Waals surface area contributed by atoms with Crippen LogP contribution in [0.25, 0.3) is 0 Å². The van der Waals surface area contributed by atoms with E-state index >= 15 is 0 Å². The second-order valence-electron chi connectivity index (χ2n) is 6.13. The molecule has 1 aromatic carbocycles. The van der Waals surface area contributed by atoms with Gasteiger partial charge in [-0.2, -0.15) is 0 Å². The Bertz CT molecular complexity index is 477. The minimum Gasteiger partial charge on any atom is -0.487 e. The van der Waals surface area contributed by atoms with Gasteiger partial charge in [0.15, 0.2) is 0 Å². The van der Waals surface area contributed by atoms with Crippen molar-refractivity contribution in [2.45, 2.75) is 50.7 Å². The molecule has 1 aromatic rings. The van der Waals surface area contributed by atoms with Gasteiger partial charge < -0.3 is 10.5 Å². The maximum atomic E-state index is 6.19. The third kappa shape index (κ3) is 2.16. The first-order chi connectivity index (χ1) is 7.87. The lowest BCUT2D eigenvalue weighted by atomic mass is 9.98. The van der Waals surface area contributed by atoms with Gasteiger partial charge in [0, 0.05) is 17.0 Å². The van der Waals surface area contributed by atoms with Crippen LogP contribution in [0.2, 0.25) is 5.02 Å². The van der Waals surface area contributed by atoms with E-state index in [1.807, 2.05) is 12.1 Å². The second-order valence-corrected chi connectivity index (χ2v) is 6.57. The summed E-state index contributed by atoms with van der Waals surface area (Å²) >= 11 is 6.17. The van der Waals surface area contributed by atoms with Crippen LogP contribution in [-0.4, -0.2) is 11.1 Å². The van der Waals surface area contributed by atoms with Crippen molar-refractivity contribution in [3.05, 3.63) is 28.3 Å². The molecule has 0 spiro atoms. The summed E-state index contributed by atoms with van der Waals surface area (Å²) in [6, 6.07) is 4.03. The van der Waals surface area contributed by atoms with Crippen molar-refractivity contribution in [1.29, 1.82) is 0 Å². The molecule has 1 saturated carbocycles. The van der Waals surface area contributed by atoms with Crippen LogP contribution in [0.4, 0.5) is 0 Å². The molecule has 17 heavy (non-hydrogen) atoms. The topological polar surface area (TPSA) is 35.2 Å². The van der Waals surface area contributed by atoms with Gasteiger partial charge in [-0.05, 0) is 56.4 Å². The predicted octanol–water partition coefficient (Wildman–Crippen LogP) is 3.09. The fraction of sp³-hybridized carbons (Fsp3) is 0.571. The van der Waals surface area contributed by atoms with Crippen molar-refractivity contribution >= 4 is 11.6 Å². The maximum absolute atomic E-state index is 6.19. The van der Waals surface area contributed by atoms with E-state index in [-0.39, 0.29) is 11.1 Å². The van der Waals surface area contributed by atoms with Crippen molar-refractivity contribution in [2.24, 2.45) is 5.73 Å². The smallest absolute Gasteiger partial charge is 0.126 e. The van der Waals surface area contributed by atoms with Crippen molar-refractivity contribution in [1.82, 2.24) is 0 Å². The van der Waals surface area contributed by atoms with E-state index < -0.39 is 0 Å². The summed E-state index contributed by atoms with van der Waals surface area (Å²) in [5.74, 6) is 1.02. The molecule has 2 N–H and O–H groups in total. The van der Waals surface area contributed by atoms with E-state index in [9.17, 15) is 0 Å². The molecule has 1 aliphatic heterocycles. The minimum atomic E-state index is -0.118. The molecule has 0 amide bonds. The van der Waals surface area contributed by atoms with Crippen LogP contribution in [0.15, 0.2) is 12.1 Å². The number of ether oxygens (including phenoxy) is 1. The highest BCUT2D eigenvalue weighted by atomic mass is 35.5. The number of halogens is 1. The van der Waals surface area contributed by atoms with Crippen LogP contribution in [0, 0.1) is 0 Å². The fourth-order valence-corrected chi connectivity index (χ4v) is 2.86. The van der Waals surface area contributed by atoms with Crippen molar-refractivity contribution in [2.75, 3.05) is 0 Å². The molecule has 2 nitrogen and oxygen atoms in total. The molecule has 1 aliphatic carbocycles. The van der Waals surface area contributed by atoms with Gasteiger partial charge in [0.1, 0.15) is 11.4 Å². The van der Waals surface area contributed by atoms with Crippen LogP contribution in [0.5, 0.6) is 5.75 Å². The standard InChI is InChI=1S/C14H18ClNO/c1-13(2)7-9-5-11(15)6-10(12(9)17-13)8-14(16)3-4-14/h5-6H,3-4,7-8,16H2,1-2H3. The first kappa shape index (κ1) is 11.4. The van der Waals surface area contributed by atoms with Crippen molar-refractivity contribution in [3.63, 3.8) is 0 Å². The van der Waals surface area contributed by atoms with Gasteiger partial charge in [-0.1, -0.05) is 11.6 Å². The van der Waals surface area contributed by atoms with Gasteiger partial charge >= 0.3 is 0 Å². The van der Waals surface area contributed by atoms with Gasteiger partial charge in [0.05, 0.1) is 0 Å². The zero-order valence-corrected chi connectivity index (χ0v) is 11.1. The Morgan fingerprint density at radius 1 is 1.35 bits per heavy atom. The Balaban J connectivity index is 1.99. The molecule has 0 atom stereocenters. The van der Waals surface area contributed by atoms with E-state index in [4.69, 9.17) is 22.1 Å². The Hall–Kier alpha value is -0.730. The average molecular weight is 252 g/mol. The molecule has 1 heterocycles. The highest BCUT2D eigenvalue weighted by Crippen LogP contribution is 2.44. The third-order valence-electron chi connectivity index (χ3n) is 3.64. The third-order valence-corrected chi connectivity index (χ3v) is 3.86. The van der Waals surface area contributed by atoms with E-state index in [0.29, 0.717) is 0 Å². The number of hydrogen-bond acceptors (Lipinski definition) is 2. The molecule has 3 heteroatoms. The summed E-state index contributed by atoms with van der Waals surface area (Å²) in [5, 5.41) is 0.796. The van der Waals surface area contributed by atoms with Crippen molar-refractivity contribution in [3.8, 4) is 5.75 Å². The minimum absolute atomic E-state index is 0.00541. The van der Waals surface area contributed by atoms with Gasteiger partial charge in [-0.15, -0.1) is 0 Å². The maximum Gasteiger partial charge on any atom is 0.126 e. The molecule has 92 valence electrons. The zero-order valence-electron chi connectivity index (χ0n) is 10.3. The number of rotatable bonds is 2. The number of fused-ring (bicyclic) bond motifs is 1. The molecule has 1 fully saturated rings. The van der Waals surface area contributed by atoms with Crippen LogP contribution in [0.1, 0.15) is 37.8 Å². The summed E-state index contributed by atoms with van der Waals surface area (Å²) in [6.07, 6.45) is 4.02. The van der Waals surface area contributed by atoms with E-state index in [1.54, 1.807) is 0 Å². The van der Waals surface area contributed by atoms with Gasteiger partial charge in [0.2, 0.25) is 0 Å². The van der Waals surface area contributed by atoms with Crippen LogP contribution in [-0.2, 0) is 12.8 Å². The lowest BCUT2D eigenvalue weighted by Gasteiger charge is -2.19. The Morgan fingerprint density at radius 3 is 2.71 bits per heavy atom. The van der Waals surface area contributed by atoms with Crippen LogP contribution in [0.3, 0.4) is 0 Å². The molecular formula is C14H18ClNO. The normalized spacial score (nSPS) is 23.1. The largest absolute Gasteiger partial charge is 0.487 e. The number of hydrogen-bond donors (Lipinski definition) is 1. The number of nitrogens with two attached hydrogens (primary N) is 1. The average Bonchev–Trinajstić information content (AvgIpc) is 2.79. The zero-order chi connectivity index (χ0) is 12.3. The van der Waals surface area contributed by atoms with Crippen molar-refractivity contribution < 1.29 is 4.74 Å². The first-order valence-corrected chi connectivity index (χ1v) is 6.54. The van der Waals surface area contributed by atoms with Gasteiger partial charge in [-0.25, -0.2) is 0 Å². The lowest BCUT2D eigenvalue weighted by molar-refractivity contribution is 0.137. The fourth-order valence-electron chi connectivity index (χ4n) is 2.59. The first-order valence-electron chi connectivity index (χ1n) is 6.16. The van der Waals surface area contributed by atoms with E-state index in [1.165, 1.54) is 11.1 Å². The second kappa shape index (κ2) is 3.39. The van der Waals surface area contributed by atoms with Gasteiger partial charge in [-0.3, -0.25) is 0 Å². The summed E-state index contributed by atoms with van der Waals surface area (Å²) in [6.45, 7) is 4.22. The van der Waals surface area contributed by atoms with Crippen LogP contribution < -0.4 is 10.5 Å². The molecule has 3 rings (SSSR count). The molecule has 0 saturated heterocycles. The van der Waals surface area contributed by atoms with Gasteiger partial charge in [0.25, 0.3) is 0 Å². The molecular weight excluding hydrogens is 234 g/mol. The molecule has 0 aromatic heterocycles. The molecule has 0 unspecified atom stereocenters. The summed E-state index contributed by atoms with van der Waals surface area (Å²) < 4.78 is 6.04. The lowest BCUT2D eigenvalue weighted by Crippen LogP contribution is -2.26. The Labute approximate surface area is 107 Å². The highest BCUT2D eigenvalue weighted by Gasteiger charge is 2.40. The molecule has 2 aliphatic rings. The molecule has 0 radical (unpaired) electrons. The van der Waals surface area contributed by atoms with E-state index in [0.717, 1.165) is 36.5 Å². The quantitative estimate of drug-likeness (QED) is 0.877. The summed E-state index contributed by atoms with van der Waals surface area (Å²) in [5.41, 5.74) is 8.47. The molecule has 0 bridgehead atoms.